The van der Waals surface area contributed by atoms with E-state index in [4.69, 9.17) is 4.74 Å². The van der Waals surface area contributed by atoms with Gasteiger partial charge < -0.3 is 14.9 Å². The van der Waals surface area contributed by atoms with Gasteiger partial charge in [-0.25, -0.2) is 0 Å². The van der Waals surface area contributed by atoms with Gasteiger partial charge in [-0.05, 0) is 39.7 Å². The molecule has 0 saturated carbocycles. The molecule has 0 spiro atoms. The van der Waals surface area contributed by atoms with Gasteiger partial charge in [0.25, 0.3) is 0 Å². The van der Waals surface area contributed by atoms with Gasteiger partial charge in [-0.15, -0.1) is 0 Å². The first kappa shape index (κ1) is 13.4. The van der Waals surface area contributed by atoms with Crippen LogP contribution in [0.5, 0.6) is 17.2 Å². The average molecular weight is 236 g/mol. The Labute approximate surface area is 102 Å². The summed E-state index contributed by atoms with van der Waals surface area (Å²) >= 11 is 0. The van der Waals surface area contributed by atoms with Crippen molar-refractivity contribution in [1.29, 1.82) is 0 Å². The molecule has 0 saturated heterocycles. The molecule has 94 valence electrons. The second kappa shape index (κ2) is 5.13. The van der Waals surface area contributed by atoms with Gasteiger partial charge in [0, 0.05) is 11.1 Å². The van der Waals surface area contributed by atoms with Gasteiger partial charge in [0.15, 0.2) is 11.5 Å². The van der Waals surface area contributed by atoms with E-state index in [2.05, 4.69) is 0 Å². The number of phenols is 2. The number of phenolic OH excluding ortho intramolecular Hbond substituents is 2. The van der Waals surface area contributed by atoms with Crippen LogP contribution < -0.4 is 4.74 Å². The highest BCUT2D eigenvalue weighted by Gasteiger charge is 2.18. The first-order chi connectivity index (χ1) is 7.90. The summed E-state index contributed by atoms with van der Waals surface area (Å²) < 4.78 is 5.13. The maximum atomic E-state index is 10.1. The minimum absolute atomic E-state index is 0.123. The van der Waals surface area contributed by atoms with E-state index in [1.165, 1.54) is 12.7 Å². The monoisotopic (exact) mass is 236 g/mol. The molecule has 0 amide bonds. The van der Waals surface area contributed by atoms with E-state index in [1.807, 2.05) is 19.9 Å². The van der Waals surface area contributed by atoms with Gasteiger partial charge >= 0.3 is 0 Å². The van der Waals surface area contributed by atoms with Crippen LogP contribution in [0.3, 0.4) is 0 Å². The maximum absolute atomic E-state index is 10.1. The molecule has 1 aromatic carbocycles. The summed E-state index contributed by atoms with van der Waals surface area (Å²) in [5.41, 5.74) is 3.16. The number of benzene rings is 1. The predicted octanol–water partition coefficient (Wildman–Crippen LogP) is 3.23. The fourth-order valence-corrected chi connectivity index (χ4v) is 1.83. The Morgan fingerprint density at radius 1 is 1.12 bits per heavy atom. The standard InChI is InChI=1S/C14H20O3/c1-8(2)6-7-11-9(3)12(15)10(4)14(17-5)13(11)16/h6,15-16H,7H2,1-5H3. The molecule has 0 aliphatic rings. The Hall–Kier alpha value is -1.64. The van der Waals surface area contributed by atoms with Crippen LogP contribution in [0.4, 0.5) is 0 Å². The van der Waals surface area contributed by atoms with Gasteiger partial charge in [0.05, 0.1) is 7.11 Å². The molecule has 0 aromatic heterocycles. The average Bonchev–Trinajstić information content (AvgIpc) is 2.26. The lowest BCUT2D eigenvalue weighted by Crippen LogP contribution is -1.97. The van der Waals surface area contributed by atoms with E-state index >= 15 is 0 Å². The van der Waals surface area contributed by atoms with Crippen LogP contribution in [0, 0.1) is 13.8 Å². The van der Waals surface area contributed by atoms with Crippen LogP contribution >= 0.6 is 0 Å². The predicted molar refractivity (Wildman–Crippen MR) is 68.9 cm³/mol. The summed E-state index contributed by atoms with van der Waals surface area (Å²) in [7, 11) is 1.49. The molecule has 3 nitrogen and oxygen atoms in total. The Bertz CT molecular complexity index is 455. The van der Waals surface area contributed by atoms with Crippen molar-refractivity contribution in [1.82, 2.24) is 0 Å². The minimum Gasteiger partial charge on any atom is -0.507 e. The number of aromatic hydroxyl groups is 2. The van der Waals surface area contributed by atoms with Crippen molar-refractivity contribution in [2.24, 2.45) is 0 Å². The van der Waals surface area contributed by atoms with Crippen molar-refractivity contribution >= 4 is 0 Å². The molecule has 1 rings (SSSR count). The van der Waals surface area contributed by atoms with E-state index in [-0.39, 0.29) is 11.5 Å². The minimum atomic E-state index is 0.123. The Morgan fingerprint density at radius 3 is 2.18 bits per heavy atom. The lowest BCUT2D eigenvalue weighted by molar-refractivity contribution is 0.361. The quantitative estimate of drug-likeness (QED) is 0.625. The summed E-state index contributed by atoms with van der Waals surface area (Å²) in [5.74, 6) is 0.667. The van der Waals surface area contributed by atoms with E-state index in [0.29, 0.717) is 28.9 Å². The highest BCUT2D eigenvalue weighted by molar-refractivity contribution is 5.61. The largest absolute Gasteiger partial charge is 0.507 e. The SMILES string of the molecule is COc1c(C)c(O)c(C)c(CC=C(C)C)c1O. The molecular formula is C14H20O3. The smallest absolute Gasteiger partial charge is 0.167 e. The van der Waals surface area contributed by atoms with Gasteiger partial charge in [0.2, 0.25) is 0 Å². The first-order valence-electron chi connectivity index (χ1n) is 5.61. The number of methoxy groups -OCH3 is 1. The third-order valence-corrected chi connectivity index (χ3v) is 2.92. The molecule has 0 atom stereocenters. The lowest BCUT2D eigenvalue weighted by Gasteiger charge is -2.16. The molecule has 0 aliphatic heterocycles. The second-order valence-electron chi connectivity index (χ2n) is 4.44. The zero-order valence-corrected chi connectivity index (χ0v) is 11.1. The number of hydrogen-bond acceptors (Lipinski definition) is 3. The Morgan fingerprint density at radius 2 is 1.71 bits per heavy atom. The molecule has 3 heteroatoms. The van der Waals surface area contributed by atoms with E-state index in [9.17, 15) is 10.2 Å². The molecule has 2 N–H and O–H groups in total. The van der Waals surface area contributed by atoms with Gasteiger partial charge in [-0.1, -0.05) is 11.6 Å². The Kier molecular flexibility index (Phi) is 4.05. The van der Waals surface area contributed by atoms with Crippen molar-refractivity contribution in [2.45, 2.75) is 34.1 Å². The van der Waals surface area contributed by atoms with Crippen LogP contribution in [-0.4, -0.2) is 17.3 Å². The van der Waals surface area contributed by atoms with Gasteiger partial charge in [-0.2, -0.15) is 0 Å². The fraction of sp³-hybridized carbons (Fsp3) is 0.429. The molecule has 0 heterocycles. The van der Waals surface area contributed by atoms with Crippen molar-refractivity contribution in [3.05, 3.63) is 28.3 Å². The molecule has 0 unspecified atom stereocenters. The molecule has 0 aliphatic carbocycles. The summed E-state index contributed by atoms with van der Waals surface area (Å²) in [6.45, 7) is 7.52. The second-order valence-corrected chi connectivity index (χ2v) is 4.44. The Balaban J connectivity index is 3.39. The normalized spacial score (nSPS) is 10.2. The number of allylic oxidation sites excluding steroid dienone is 2. The fourth-order valence-electron chi connectivity index (χ4n) is 1.83. The molecule has 17 heavy (non-hydrogen) atoms. The van der Waals surface area contributed by atoms with Crippen LogP contribution in [0.15, 0.2) is 11.6 Å². The summed E-state index contributed by atoms with van der Waals surface area (Å²) in [4.78, 5) is 0. The van der Waals surface area contributed by atoms with Gasteiger partial charge in [-0.3, -0.25) is 0 Å². The van der Waals surface area contributed by atoms with Crippen LogP contribution in [0.2, 0.25) is 0 Å². The van der Waals surface area contributed by atoms with E-state index < -0.39 is 0 Å². The third kappa shape index (κ3) is 2.54. The number of ether oxygens (including phenoxy) is 1. The number of rotatable bonds is 3. The lowest BCUT2D eigenvalue weighted by atomic mass is 9.98. The van der Waals surface area contributed by atoms with Crippen LogP contribution in [0.1, 0.15) is 30.5 Å². The zero-order chi connectivity index (χ0) is 13.2. The van der Waals surface area contributed by atoms with Crippen LogP contribution in [0.25, 0.3) is 0 Å². The summed E-state index contributed by atoms with van der Waals surface area (Å²) in [5, 5.41) is 20.1. The molecule has 0 fully saturated rings. The van der Waals surface area contributed by atoms with Crippen molar-refractivity contribution in [3.8, 4) is 17.2 Å². The topological polar surface area (TPSA) is 49.7 Å². The van der Waals surface area contributed by atoms with Crippen LogP contribution in [-0.2, 0) is 6.42 Å². The molecule has 1 aromatic rings. The molecule has 0 bridgehead atoms. The van der Waals surface area contributed by atoms with E-state index in [0.717, 1.165) is 0 Å². The summed E-state index contributed by atoms with van der Waals surface area (Å²) in [6, 6.07) is 0. The number of hydrogen-bond donors (Lipinski definition) is 2. The molecular weight excluding hydrogens is 216 g/mol. The van der Waals surface area contributed by atoms with Gasteiger partial charge in [0.1, 0.15) is 5.75 Å². The third-order valence-electron chi connectivity index (χ3n) is 2.92. The summed E-state index contributed by atoms with van der Waals surface area (Å²) in [6.07, 6.45) is 2.60. The van der Waals surface area contributed by atoms with Crippen molar-refractivity contribution in [3.63, 3.8) is 0 Å². The van der Waals surface area contributed by atoms with E-state index in [1.54, 1.807) is 13.8 Å². The molecule has 0 radical (unpaired) electrons. The zero-order valence-electron chi connectivity index (χ0n) is 11.1. The highest BCUT2D eigenvalue weighted by Crippen LogP contribution is 2.42. The van der Waals surface area contributed by atoms with Crippen molar-refractivity contribution < 1.29 is 14.9 Å². The maximum Gasteiger partial charge on any atom is 0.167 e. The highest BCUT2D eigenvalue weighted by atomic mass is 16.5. The first-order valence-corrected chi connectivity index (χ1v) is 5.61. The van der Waals surface area contributed by atoms with Crippen molar-refractivity contribution in [2.75, 3.05) is 7.11 Å².